The van der Waals surface area contributed by atoms with Crippen LogP contribution in [0.1, 0.15) is 18.4 Å². The van der Waals surface area contributed by atoms with Gasteiger partial charge >= 0.3 is 6.18 Å². The molecule has 0 bridgehead atoms. The molecule has 3 heterocycles. The first-order chi connectivity index (χ1) is 17.2. The van der Waals surface area contributed by atoms with Crippen LogP contribution in [0.5, 0.6) is 0 Å². The van der Waals surface area contributed by atoms with Crippen molar-refractivity contribution in [2.75, 3.05) is 16.8 Å². The molecule has 1 aliphatic heterocycles. The molecule has 0 aliphatic carbocycles. The first kappa shape index (κ1) is 23.5. The molecule has 2 aromatic heterocycles. The molecule has 1 amide bonds. The average molecular weight is 497 g/mol. The molecular formula is C25H19F4N5O2. The Morgan fingerprint density at radius 1 is 1.14 bits per heavy atom. The Morgan fingerprint density at radius 3 is 2.78 bits per heavy atom. The Kier molecular flexibility index (Phi) is 5.91. The normalized spacial score (nSPS) is 13.2. The molecule has 0 saturated carbocycles. The van der Waals surface area contributed by atoms with Gasteiger partial charge < -0.3 is 15.2 Å². The fourth-order valence-electron chi connectivity index (χ4n) is 4.18. The maximum Gasteiger partial charge on any atom is 0.389 e. The second-order valence-electron chi connectivity index (χ2n) is 8.38. The molecule has 7 nitrogen and oxygen atoms in total. The largest absolute Gasteiger partial charge is 0.389 e. The lowest BCUT2D eigenvalue weighted by molar-refractivity contribution is -0.143. The van der Waals surface area contributed by atoms with Crippen LogP contribution >= 0.6 is 0 Å². The van der Waals surface area contributed by atoms with E-state index in [0.717, 1.165) is 11.8 Å². The SMILES string of the molecule is O=C(CCC(F)(F)F)N1CCc2cc(-c3ncc(F)c(Nc4ccc5c(=O)[nH]ccc5c4)n3)ccc21. The minimum atomic E-state index is -4.39. The fraction of sp³-hybridized carbons (Fsp3) is 0.200. The van der Waals surface area contributed by atoms with Crippen LogP contribution < -0.4 is 15.8 Å². The predicted octanol–water partition coefficient (Wildman–Crippen LogP) is 5.10. The van der Waals surface area contributed by atoms with Gasteiger partial charge in [0.05, 0.1) is 12.6 Å². The lowest BCUT2D eigenvalue weighted by Gasteiger charge is -2.18. The Labute approximate surface area is 201 Å². The molecule has 0 fully saturated rings. The third-order valence-electron chi connectivity index (χ3n) is 5.94. The predicted molar refractivity (Wildman–Crippen MR) is 127 cm³/mol. The lowest BCUT2D eigenvalue weighted by atomic mass is 10.1. The van der Waals surface area contributed by atoms with E-state index in [2.05, 4.69) is 20.3 Å². The second-order valence-corrected chi connectivity index (χ2v) is 8.38. The van der Waals surface area contributed by atoms with Gasteiger partial charge in [-0.1, -0.05) is 0 Å². The highest BCUT2D eigenvalue weighted by Gasteiger charge is 2.31. The van der Waals surface area contributed by atoms with Crippen molar-refractivity contribution in [3.63, 3.8) is 0 Å². The summed E-state index contributed by atoms with van der Waals surface area (Å²) in [6.45, 7) is 0.289. The zero-order valence-corrected chi connectivity index (χ0v) is 18.7. The summed E-state index contributed by atoms with van der Waals surface area (Å²) in [5.74, 6) is -1.08. The number of H-pyrrole nitrogens is 1. The molecule has 2 N–H and O–H groups in total. The van der Waals surface area contributed by atoms with E-state index in [9.17, 15) is 27.2 Å². The maximum atomic E-state index is 14.5. The Bertz CT molecular complexity index is 1530. The number of hydrogen-bond acceptors (Lipinski definition) is 5. The standard InChI is InChI=1S/C25H19F4N5O2/c26-19-13-31-22(33-23(19)32-17-2-3-18-14(12-17)6-9-30-24(18)36)16-1-4-20-15(11-16)7-10-34(20)21(35)5-8-25(27,28)29/h1-4,6,9,11-13H,5,7-8,10H2,(H,30,36)(H,31,32,33). The lowest BCUT2D eigenvalue weighted by Crippen LogP contribution is -2.29. The van der Waals surface area contributed by atoms with E-state index < -0.39 is 30.7 Å². The molecule has 0 radical (unpaired) electrons. The molecule has 2 aromatic carbocycles. The number of carbonyl (C=O) groups is 1. The van der Waals surface area contributed by atoms with Crippen molar-refractivity contribution in [1.29, 1.82) is 0 Å². The maximum absolute atomic E-state index is 14.5. The smallest absolute Gasteiger partial charge is 0.338 e. The minimum Gasteiger partial charge on any atom is -0.338 e. The van der Waals surface area contributed by atoms with Gasteiger partial charge in [-0.15, -0.1) is 0 Å². The van der Waals surface area contributed by atoms with Crippen LogP contribution in [-0.2, 0) is 11.2 Å². The molecule has 1 aliphatic rings. The van der Waals surface area contributed by atoms with Crippen molar-refractivity contribution >= 4 is 33.9 Å². The van der Waals surface area contributed by atoms with Gasteiger partial charge in [0.1, 0.15) is 0 Å². The zero-order valence-electron chi connectivity index (χ0n) is 18.7. The highest BCUT2D eigenvalue weighted by Crippen LogP contribution is 2.33. The number of nitrogens with zero attached hydrogens (tertiary/aromatic N) is 3. The van der Waals surface area contributed by atoms with E-state index in [1.54, 1.807) is 42.5 Å². The molecule has 184 valence electrons. The second kappa shape index (κ2) is 9.06. The number of aromatic amines is 1. The van der Waals surface area contributed by atoms with Gasteiger partial charge in [-0.2, -0.15) is 13.2 Å². The number of fused-ring (bicyclic) bond motifs is 2. The quantitative estimate of drug-likeness (QED) is 0.375. The molecule has 0 unspecified atom stereocenters. The zero-order chi connectivity index (χ0) is 25.4. The van der Waals surface area contributed by atoms with E-state index in [1.807, 2.05) is 0 Å². The minimum absolute atomic E-state index is 0.0614. The highest BCUT2D eigenvalue weighted by atomic mass is 19.4. The summed E-state index contributed by atoms with van der Waals surface area (Å²) >= 11 is 0. The van der Waals surface area contributed by atoms with Gasteiger partial charge in [-0.3, -0.25) is 9.59 Å². The first-order valence-electron chi connectivity index (χ1n) is 11.1. The van der Waals surface area contributed by atoms with E-state index >= 15 is 0 Å². The number of anilines is 3. The van der Waals surface area contributed by atoms with Gasteiger partial charge in [-0.05, 0) is 59.8 Å². The van der Waals surface area contributed by atoms with Crippen molar-refractivity contribution in [3.05, 3.63) is 76.6 Å². The number of rotatable bonds is 5. The summed E-state index contributed by atoms with van der Waals surface area (Å²) in [4.78, 5) is 36.5. The van der Waals surface area contributed by atoms with Gasteiger partial charge in [0.25, 0.3) is 5.56 Å². The van der Waals surface area contributed by atoms with Crippen molar-refractivity contribution in [1.82, 2.24) is 15.0 Å². The molecule has 0 atom stereocenters. The van der Waals surface area contributed by atoms with E-state index in [-0.39, 0.29) is 23.7 Å². The van der Waals surface area contributed by atoms with Crippen LogP contribution in [0, 0.1) is 5.82 Å². The number of aromatic nitrogens is 3. The summed E-state index contributed by atoms with van der Waals surface area (Å²) in [5.41, 5.74) is 2.20. The number of pyridine rings is 1. The van der Waals surface area contributed by atoms with Gasteiger partial charge in [0, 0.05) is 41.5 Å². The summed E-state index contributed by atoms with van der Waals surface area (Å²) in [6.07, 6.45) is -3.12. The van der Waals surface area contributed by atoms with Crippen LogP contribution in [0.3, 0.4) is 0 Å². The third kappa shape index (κ3) is 4.77. The van der Waals surface area contributed by atoms with Crippen molar-refractivity contribution in [3.8, 4) is 11.4 Å². The summed E-state index contributed by atoms with van der Waals surface area (Å²) in [6, 6.07) is 11.7. The van der Waals surface area contributed by atoms with E-state index in [4.69, 9.17) is 0 Å². The summed E-state index contributed by atoms with van der Waals surface area (Å²) in [5, 5.41) is 4.08. The number of nitrogens with one attached hydrogen (secondary N) is 2. The summed E-state index contributed by atoms with van der Waals surface area (Å²) < 4.78 is 52.0. The average Bonchev–Trinajstić information content (AvgIpc) is 3.27. The molecule has 36 heavy (non-hydrogen) atoms. The number of amides is 1. The third-order valence-corrected chi connectivity index (χ3v) is 5.94. The Morgan fingerprint density at radius 2 is 1.97 bits per heavy atom. The van der Waals surface area contributed by atoms with Gasteiger partial charge in [-0.25, -0.2) is 14.4 Å². The number of benzene rings is 2. The summed E-state index contributed by atoms with van der Waals surface area (Å²) in [7, 11) is 0. The Balaban J connectivity index is 1.38. The van der Waals surface area contributed by atoms with Crippen LogP contribution in [0.2, 0.25) is 0 Å². The molecule has 0 spiro atoms. The number of carbonyl (C=O) groups excluding carboxylic acids is 1. The van der Waals surface area contributed by atoms with Crippen molar-refractivity contribution in [2.24, 2.45) is 0 Å². The molecule has 5 rings (SSSR count). The highest BCUT2D eigenvalue weighted by molar-refractivity contribution is 5.96. The van der Waals surface area contributed by atoms with Gasteiger partial charge in [0.15, 0.2) is 17.5 Å². The number of hydrogen-bond donors (Lipinski definition) is 2. The number of alkyl halides is 3. The Hall–Kier alpha value is -4.28. The first-order valence-corrected chi connectivity index (χ1v) is 11.1. The van der Waals surface area contributed by atoms with Crippen LogP contribution in [0.4, 0.5) is 34.8 Å². The van der Waals surface area contributed by atoms with Crippen LogP contribution in [0.15, 0.2) is 59.7 Å². The molecular weight excluding hydrogens is 478 g/mol. The van der Waals surface area contributed by atoms with E-state index in [1.165, 1.54) is 11.1 Å². The molecule has 11 heteroatoms. The monoisotopic (exact) mass is 497 g/mol. The topological polar surface area (TPSA) is 91.0 Å². The van der Waals surface area contributed by atoms with Crippen molar-refractivity contribution < 1.29 is 22.4 Å². The van der Waals surface area contributed by atoms with Crippen LogP contribution in [0.25, 0.3) is 22.2 Å². The van der Waals surface area contributed by atoms with E-state index in [0.29, 0.717) is 34.1 Å². The van der Waals surface area contributed by atoms with Gasteiger partial charge in [0.2, 0.25) is 5.91 Å². The van der Waals surface area contributed by atoms with Crippen LogP contribution in [-0.4, -0.2) is 33.6 Å². The fourth-order valence-corrected chi connectivity index (χ4v) is 4.18. The number of halogens is 4. The van der Waals surface area contributed by atoms with Crippen molar-refractivity contribution in [2.45, 2.75) is 25.4 Å². The molecule has 0 saturated heterocycles. The molecule has 4 aromatic rings.